The number of nitrogens with two attached hydrogens (primary N) is 1. The molecule has 3 aromatic heterocycles. The number of hydrogen-bond acceptors (Lipinski definition) is 9. The van der Waals surface area contributed by atoms with Crippen LogP contribution in [0.5, 0.6) is 0 Å². The van der Waals surface area contributed by atoms with Gasteiger partial charge in [0.25, 0.3) is 5.91 Å². The summed E-state index contributed by atoms with van der Waals surface area (Å²) in [5.41, 5.74) is 7.81. The van der Waals surface area contributed by atoms with E-state index in [1.54, 1.807) is 42.8 Å². The lowest BCUT2D eigenvalue weighted by Gasteiger charge is -2.22. The molecular formula is C20H27N7O5. The molecule has 1 saturated heterocycles. The molecule has 4 heterocycles. The Morgan fingerprint density at radius 1 is 1.34 bits per heavy atom. The first-order valence-corrected chi connectivity index (χ1v) is 10.2. The van der Waals surface area contributed by atoms with Gasteiger partial charge in [-0.1, -0.05) is 0 Å². The molecule has 0 bridgehead atoms. The summed E-state index contributed by atoms with van der Waals surface area (Å²) >= 11 is 0. The molecule has 3 aromatic rings. The number of methoxy groups -OCH3 is 1. The van der Waals surface area contributed by atoms with E-state index in [0.717, 1.165) is 0 Å². The summed E-state index contributed by atoms with van der Waals surface area (Å²) in [7, 11) is 5.00. The van der Waals surface area contributed by atoms with Crippen molar-refractivity contribution < 1.29 is 24.5 Å². The molecule has 172 valence electrons. The van der Waals surface area contributed by atoms with Crippen LogP contribution in [0.1, 0.15) is 12.6 Å². The second-order valence-electron chi connectivity index (χ2n) is 7.82. The number of anilines is 1. The number of aliphatic hydroxyl groups excluding tert-OH is 2. The van der Waals surface area contributed by atoms with Crippen LogP contribution in [0.15, 0.2) is 24.8 Å². The van der Waals surface area contributed by atoms with Gasteiger partial charge in [-0.15, -0.1) is 0 Å². The second kappa shape index (κ2) is 8.82. The molecule has 1 aliphatic heterocycles. The zero-order valence-electron chi connectivity index (χ0n) is 18.1. The normalized spacial score (nSPS) is 23.2. The van der Waals surface area contributed by atoms with Crippen molar-refractivity contribution in [2.75, 3.05) is 33.0 Å². The van der Waals surface area contributed by atoms with E-state index in [9.17, 15) is 15.0 Å². The lowest BCUT2D eigenvalue weighted by atomic mass is 10.1. The number of carbonyl (C=O) groups is 1. The quantitative estimate of drug-likeness (QED) is 0.409. The number of aryl methyl sites for hydroxylation is 1. The molecule has 0 aromatic carbocycles. The van der Waals surface area contributed by atoms with E-state index in [2.05, 4.69) is 15.1 Å². The van der Waals surface area contributed by atoms with Crippen LogP contribution in [0.3, 0.4) is 0 Å². The van der Waals surface area contributed by atoms with E-state index in [1.807, 2.05) is 6.07 Å². The van der Waals surface area contributed by atoms with Gasteiger partial charge in [0.05, 0.1) is 11.1 Å². The number of fused-ring (bicyclic) bond motifs is 1. The third-order valence-electron chi connectivity index (χ3n) is 5.60. The van der Waals surface area contributed by atoms with Crippen LogP contribution < -0.4 is 5.73 Å². The van der Waals surface area contributed by atoms with E-state index in [1.165, 1.54) is 11.2 Å². The van der Waals surface area contributed by atoms with Crippen LogP contribution in [0.2, 0.25) is 0 Å². The highest BCUT2D eigenvalue weighted by atomic mass is 16.6. The predicted molar refractivity (Wildman–Crippen MR) is 114 cm³/mol. The Bertz CT molecular complexity index is 1110. The third kappa shape index (κ3) is 3.81. The summed E-state index contributed by atoms with van der Waals surface area (Å²) in [6, 6.07) is 1.81. The van der Waals surface area contributed by atoms with E-state index in [0.29, 0.717) is 41.9 Å². The van der Waals surface area contributed by atoms with Crippen LogP contribution in [0.4, 0.5) is 5.82 Å². The van der Waals surface area contributed by atoms with Gasteiger partial charge in [0, 0.05) is 52.3 Å². The van der Waals surface area contributed by atoms with Crippen LogP contribution in [-0.4, -0.2) is 91.0 Å². The van der Waals surface area contributed by atoms with Crippen molar-refractivity contribution in [2.24, 2.45) is 7.05 Å². The average Bonchev–Trinajstić information content (AvgIpc) is 3.45. The molecule has 4 atom stereocenters. The number of hydrogen-bond donors (Lipinski definition) is 3. The third-order valence-corrected chi connectivity index (χ3v) is 5.60. The van der Waals surface area contributed by atoms with Gasteiger partial charge in [-0.3, -0.25) is 9.48 Å². The summed E-state index contributed by atoms with van der Waals surface area (Å²) in [4.78, 5) is 22.7. The van der Waals surface area contributed by atoms with Gasteiger partial charge in [0.1, 0.15) is 30.0 Å². The van der Waals surface area contributed by atoms with E-state index in [4.69, 9.17) is 15.2 Å². The molecule has 1 aliphatic rings. The maximum absolute atomic E-state index is 12.8. The first-order chi connectivity index (χ1) is 15.3. The topological polar surface area (TPSA) is 154 Å². The Morgan fingerprint density at radius 3 is 2.81 bits per heavy atom. The number of amides is 1. The molecule has 0 radical (unpaired) electrons. The van der Waals surface area contributed by atoms with Crippen LogP contribution in [-0.2, 0) is 21.3 Å². The minimum absolute atomic E-state index is 0.243. The van der Waals surface area contributed by atoms with Gasteiger partial charge in [0.15, 0.2) is 12.3 Å². The SMILES string of the molecule is COCCCN(C)C(=O)[C@H]1O[C@@H](n2cc(-c3ccn(C)n3)c3c(N)ncnc32)[C@H](O)[C@@H]1O. The van der Waals surface area contributed by atoms with Crippen molar-refractivity contribution >= 4 is 22.8 Å². The van der Waals surface area contributed by atoms with E-state index < -0.39 is 30.4 Å². The fraction of sp³-hybridized carbons (Fsp3) is 0.500. The van der Waals surface area contributed by atoms with Crippen molar-refractivity contribution in [3.8, 4) is 11.3 Å². The smallest absolute Gasteiger partial charge is 0.254 e. The summed E-state index contributed by atoms with van der Waals surface area (Å²) in [5.74, 6) is -0.182. The fourth-order valence-corrected chi connectivity index (χ4v) is 3.92. The summed E-state index contributed by atoms with van der Waals surface area (Å²) in [5, 5.41) is 26.3. The van der Waals surface area contributed by atoms with Crippen molar-refractivity contribution in [3.63, 3.8) is 0 Å². The molecule has 0 spiro atoms. The maximum atomic E-state index is 12.8. The largest absolute Gasteiger partial charge is 0.387 e. The molecule has 0 unspecified atom stereocenters. The Labute approximate surface area is 184 Å². The number of aliphatic hydroxyl groups is 2. The van der Waals surface area contributed by atoms with Crippen LogP contribution >= 0.6 is 0 Å². The molecule has 12 nitrogen and oxygen atoms in total. The first-order valence-electron chi connectivity index (χ1n) is 10.2. The standard InChI is InChI=1S/C20H27N7O5/c1-25(6-4-8-31-3)19(30)16-14(28)15(29)20(32-16)27-9-11(12-5-7-26(2)24-12)13-17(21)22-10-23-18(13)27/h5,7,9-10,14-16,20,28-29H,4,6,8H2,1-3H3,(H2,21,22,23)/t14-,15+,16-,20+/m0/s1. The maximum Gasteiger partial charge on any atom is 0.254 e. The highest BCUT2D eigenvalue weighted by Gasteiger charge is 2.48. The number of nitrogens with zero attached hydrogens (tertiary/aromatic N) is 6. The molecule has 0 aliphatic carbocycles. The van der Waals surface area contributed by atoms with Crippen molar-refractivity contribution in [2.45, 2.75) is 31.0 Å². The van der Waals surface area contributed by atoms with E-state index in [-0.39, 0.29) is 5.82 Å². The minimum atomic E-state index is -1.41. The number of carbonyl (C=O) groups excluding carboxylic acids is 1. The first kappa shape index (κ1) is 22.1. The lowest BCUT2D eigenvalue weighted by Crippen LogP contribution is -2.44. The summed E-state index contributed by atoms with van der Waals surface area (Å²) in [6.45, 7) is 0.934. The highest BCUT2D eigenvalue weighted by Crippen LogP contribution is 2.38. The molecule has 32 heavy (non-hydrogen) atoms. The number of aromatic nitrogens is 5. The zero-order chi connectivity index (χ0) is 23.0. The Hall–Kier alpha value is -3.06. The van der Waals surface area contributed by atoms with Crippen LogP contribution in [0, 0.1) is 0 Å². The Balaban J connectivity index is 1.67. The van der Waals surface area contributed by atoms with Crippen molar-refractivity contribution in [1.29, 1.82) is 0 Å². The molecule has 4 N–H and O–H groups in total. The van der Waals surface area contributed by atoms with E-state index >= 15 is 0 Å². The molecule has 12 heteroatoms. The zero-order valence-corrected chi connectivity index (χ0v) is 18.1. The summed E-state index contributed by atoms with van der Waals surface area (Å²) < 4.78 is 14.1. The molecule has 1 amide bonds. The van der Waals surface area contributed by atoms with Crippen molar-refractivity contribution in [1.82, 2.24) is 29.2 Å². The Kier molecular flexibility index (Phi) is 6.11. The molecule has 4 rings (SSSR count). The van der Waals surface area contributed by atoms with Gasteiger partial charge in [-0.05, 0) is 12.5 Å². The Morgan fingerprint density at radius 2 is 2.12 bits per heavy atom. The van der Waals surface area contributed by atoms with Gasteiger partial charge in [0.2, 0.25) is 0 Å². The van der Waals surface area contributed by atoms with Gasteiger partial charge >= 0.3 is 0 Å². The monoisotopic (exact) mass is 445 g/mol. The van der Waals surface area contributed by atoms with Gasteiger partial charge < -0.3 is 34.9 Å². The van der Waals surface area contributed by atoms with Gasteiger partial charge in [-0.25, -0.2) is 9.97 Å². The molecule has 1 fully saturated rings. The predicted octanol–water partition coefficient (Wildman–Crippen LogP) is -0.472. The highest BCUT2D eigenvalue weighted by molar-refractivity contribution is 5.99. The average molecular weight is 445 g/mol. The van der Waals surface area contributed by atoms with Crippen LogP contribution in [0.25, 0.3) is 22.3 Å². The fourth-order valence-electron chi connectivity index (χ4n) is 3.92. The lowest BCUT2D eigenvalue weighted by molar-refractivity contribution is -0.147. The minimum Gasteiger partial charge on any atom is -0.387 e. The second-order valence-corrected chi connectivity index (χ2v) is 7.82. The molecule has 0 saturated carbocycles. The number of ether oxygens (including phenoxy) is 2. The van der Waals surface area contributed by atoms with Gasteiger partial charge in [-0.2, -0.15) is 5.10 Å². The van der Waals surface area contributed by atoms with Crippen molar-refractivity contribution in [3.05, 3.63) is 24.8 Å². The molecular weight excluding hydrogens is 418 g/mol. The number of nitrogen functional groups attached to an aromatic ring is 1. The summed E-state index contributed by atoms with van der Waals surface area (Å²) in [6.07, 6.45) is 0.371. The number of rotatable bonds is 7. The number of likely N-dealkylation sites (N-methyl/N-ethyl adjacent to an activating group) is 1.